The third kappa shape index (κ3) is 5.76. The molecule has 2 saturated heterocycles. The molecule has 3 N–H and O–H groups in total. The maximum Gasteiger partial charge on any atom is 0.315 e. The number of nitrogens with zero attached hydrogens (tertiary/aromatic N) is 1. The van der Waals surface area contributed by atoms with Gasteiger partial charge >= 0.3 is 6.03 Å². The van der Waals surface area contributed by atoms with Crippen LogP contribution in [-0.4, -0.2) is 64.9 Å². The Morgan fingerprint density at radius 1 is 1.17 bits per heavy atom. The highest BCUT2D eigenvalue weighted by atomic mass is 16.5. The lowest BCUT2D eigenvalue weighted by Gasteiger charge is -2.23. The molecule has 2 aliphatic rings. The number of rotatable bonds is 8. The highest BCUT2D eigenvalue weighted by molar-refractivity contribution is 5.97. The van der Waals surface area contributed by atoms with Gasteiger partial charge in [-0.15, -0.1) is 0 Å². The zero-order valence-electron chi connectivity index (χ0n) is 17.5. The normalized spacial score (nSPS) is 19.9. The number of urea groups is 1. The summed E-state index contributed by atoms with van der Waals surface area (Å²) in [5.41, 5.74) is 0.738. The first-order valence-corrected chi connectivity index (χ1v) is 10.5. The first kappa shape index (κ1) is 21.2. The number of likely N-dealkylation sites (tertiary alicyclic amines) is 1. The largest absolute Gasteiger partial charge is 0.493 e. The van der Waals surface area contributed by atoms with Crippen molar-refractivity contribution >= 4 is 17.6 Å². The topological polar surface area (TPSA) is 84.3 Å². The van der Waals surface area contributed by atoms with Gasteiger partial charge in [-0.3, -0.25) is 4.79 Å². The van der Waals surface area contributed by atoms with Crippen molar-refractivity contribution < 1.29 is 24.0 Å². The first-order valence-electron chi connectivity index (χ1n) is 10.5. The van der Waals surface area contributed by atoms with E-state index in [0.717, 1.165) is 18.7 Å². The molecule has 0 aromatic heterocycles. The highest BCUT2D eigenvalue weighted by Gasteiger charge is 2.32. The molecule has 29 heavy (non-hydrogen) atoms. The number of ether oxygens (including phenoxy) is 2. The molecule has 0 spiro atoms. The minimum Gasteiger partial charge on any atom is -0.493 e. The Hall–Kier alpha value is -2.48. The molecule has 2 aliphatic heterocycles. The summed E-state index contributed by atoms with van der Waals surface area (Å²) in [4.78, 5) is 27.9. The fourth-order valence-electron chi connectivity index (χ4n) is 4.13. The number of amides is 3. The van der Waals surface area contributed by atoms with Crippen LogP contribution in [0.15, 0.2) is 18.2 Å². The van der Waals surface area contributed by atoms with Gasteiger partial charge in [0, 0.05) is 37.7 Å². The van der Waals surface area contributed by atoms with Gasteiger partial charge in [-0.1, -0.05) is 0 Å². The SMILES string of the molecule is COc1ccc(N2C[C@@H](NC(=O)NCCC[NH+]3CCCCC3)CC2=O)cc1OC. The van der Waals surface area contributed by atoms with E-state index in [9.17, 15) is 9.59 Å². The number of benzene rings is 1. The lowest BCUT2D eigenvalue weighted by atomic mass is 10.1. The van der Waals surface area contributed by atoms with Crippen LogP contribution in [0.1, 0.15) is 32.1 Å². The molecule has 0 radical (unpaired) electrons. The fraction of sp³-hybridized carbons (Fsp3) is 0.619. The second-order valence-electron chi connectivity index (χ2n) is 7.76. The predicted molar refractivity (Wildman–Crippen MR) is 111 cm³/mol. The molecule has 8 nitrogen and oxygen atoms in total. The number of nitrogens with one attached hydrogen (secondary N) is 3. The molecule has 1 atom stereocenters. The van der Waals surface area contributed by atoms with Crippen molar-refractivity contribution in [3.05, 3.63) is 18.2 Å². The average molecular weight is 406 g/mol. The van der Waals surface area contributed by atoms with Crippen LogP contribution in [0.3, 0.4) is 0 Å². The van der Waals surface area contributed by atoms with Crippen LogP contribution in [0.4, 0.5) is 10.5 Å². The summed E-state index contributed by atoms with van der Waals surface area (Å²) in [6.45, 7) is 4.72. The predicted octanol–water partition coefficient (Wildman–Crippen LogP) is 0.567. The van der Waals surface area contributed by atoms with E-state index in [2.05, 4.69) is 10.6 Å². The summed E-state index contributed by atoms with van der Waals surface area (Å²) < 4.78 is 10.6. The van der Waals surface area contributed by atoms with E-state index in [0.29, 0.717) is 31.0 Å². The van der Waals surface area contributed by atoms with Crippen LogP contribution in [0, 0.1) is 0 Å². The number of piperidine rings is 1. The van der Waals surface area contributed by atoms with Crippen LogP contribution >= 0.6 is 0 Å². The summed E-state index contributed by atoms with van der Waals surface area (Å²) in [5, 5.41) is 5.85. The van der Waals surface area contributed by atoms with Crippen molar-refractivity contribution in [1.29, 1.82) is 0 Å². The van der Waals surface area contributed by atoms with Gasteiger partial charge in [0.15, 0.2) is 11.5 Å². The molecular weight excluding hydrogens is 372 g/mol. The van der Waals surface area contributed by atoms with E-state index in [1.54, 1.807) is 36.2 Å². The molecule has 3 amide bonds. The number of quaternary nitrogens is 1. The number of hydrogen-bond donors (Lipinski definition) is 3. The van der Waals surface area contributed by atoms with Crippen LogP contribution < -0.4 is 29.9 Å². The number of methoxy groups -OCH3 is 2. The zero-order chi connectivity index (χ0) is 20.6. The van der Waals surface area contributed by atoms with Crippen molar-refractivity contribution in [2.75, 3.05) is 51.8 Å². The lowest BCUT2D eigenvalue weighted by molar-refractivity contribution is -0.904. The fourth-order valence-corrected chi connectivity index (χ4v) is 4.13. The highest BCUT2D eigenvalue weighted by Crippen LogP contribution is 2.33. The van der Waals surface area contributed by atoms with E-state index in [-0.39, 0.29) is 18.0 Å². The molecule has 2 fully saturated rings. The molecule has 3 rings (SSSR count). The smallest absolute Gasteiger partial charge is 0.315 e. The van der Waals surface area contributed by atoms with E-state index in [4.69, 9.17) is 9.47 Å². The van der Waals surface area contributed by atoms with Crippen molar-refractivity contribution in [2.45, 2.75) is 38.1 Å². The van der Waals surface area contributed by atoms with Crippen LogP contribution in [-0.2, 0) is 4.79 Å². The Kier molecular flexibility index (Phi) is 7.57. The number of hydrogen-bond acceptors (Lipinski definition) is 4. The third-order valence-electron chi connectivity index (χ3n) is 5.69. The van der Waals surface area contributed by atoms with E-state index in [1.165, 1.54) is 32.4 Å². The van der Waals surface area contributed by atoms with Crippen molar-refractivity contribution in [1.82, 2.24) is 10.6 Å². The van der Waals surface area contributed by atoms with Gasteiger partial charge in [-0.05, 0) is 31.4 Å². The molecule has 0 unspecified atom stereocenters. The summed E-state index contributed by atoms with van der Waals surface area (Å²) in [6, 6.07) is 4.97. The van der Waals surface area contributed by atoms with E-state index < -0.39 is 0 Å². The van der Waals surface area contributed by atoms with Crippen molar-refractivity contribution in [3.63, 3.8) is 0 Å². The third-order valence-corrected chi connectivity index (χ3v) is 5.69. The van der Waals surface area contributed by atoms with Crippen LogP contribution in [0.5, 0.6) is 11.5 Å². The monoisotopic (exact) mass is 405 g/mol. The molecule has 0 saturated carbocycles. The number of carbonyl (C=O) groups is 2. The lowest BCUT2D eigenvalue weighted by Crippen LogP contribution is -3.12. The van der Waals surface area contributed by atoms with Crippen LogP contribution in [0.2, 0.25) is 0 Å². The van der Waals surface area contributed by atoms with Crippen LogP contribution in [0.25, 0.3) is 0 Å². The Balaban J connectivity index is 1.43. The van der Waals surface area contributed by atoms with Crippen molar-refractivity contribution in [2.24, 2.45) is 0 Å². The van der Waals surface area contributed by atoms with Gasteiger partial charge < -0.3 is 29.9 Å². The maximum atomic E-state index is 12.4. The molecule has 1 aromatic rings. The second-order valence-corrected chi connectivity index (χ2v) is 7.76. The minimum absolute atomic E-state index is 0.0174. The quantitative estimate of drug-likeness (QED) is 0.552. The summed E-state index contributed by atoms with van der Waals surface area (Å²) >= 11 is 0. The average Bonchev–Trinajstić information content (AvgIpc) is 3.11. The molecule has 0 aliphatic carbocycles. The zero-order valence-corrected chi connectivity index (χ0v) is 17.5. The summed E-state index contributed by atoms with van der Waals surface area (Å²) in [7, 11) is 3.14. The number of carbonyl (C=O) groups excluding carboxylic acids is 2. The Morgan fingerprint density at radius 3 is 2.66 bits per heavy atom. The van der Waals surface area contributed by atoms with E-state index >= 15 is 0 Å². The molecule has 2 heterocycles. The minimum atomic E-state index is -0.205. The summed E-state index contributed by atoms with van der Waals surface area (Å²) in [6.07, 6.45) is 5.25. The maximum absolute atomic E-state index is 12.4. The van der Waals surface area contributed by atoms with Gasteiger partial charge in [0.1, 0.15) is 0 Å². The second kappa shape index (κ2) is 10.3. The number of anilines is 1. The van der Waals surface area contributed by atoms with Gasteiger partial charge in [0.2, 0.25) is 5.91 Å². The molecule has 160 valence electrons. The van der Waals surface area contributed by atoms with E-state index in [1.807, 2.05) is 6.07 Å². The van der Waals surface area contributed by atoms with Gasteiger partial charge in [0.25, 0.3) is 0 Å². The Morgan fingerprint density at radius 2 is 1.93 bits per heavy atom. The Labute approximate surface area is 172 Å². The van der Waals surface area contributed by atoms with Crippen molar-refractivity contribution in [3.8, 4) is 11.5 Å². The summed E-state index contributed by atoms with van der Waals surface area (Å²) in [5.74, 6) is 1.17. The van der Waals surface area contributed by atoms with Gasteiger partial charge in [-0.2, -0.15) is 0 Å². The first-order chi connectivity index (χ1) is 14.1. The van der Waals surface area contributed by atoms with Gasteiger partial charge in [-0.25, -0.2) is 4.79 Å². The molecular formula is C21H33N4O4+. The molecule has 0 bridgehead atoms. The standard InChI is InChI=1S/C21H32N4O4/c1-28-18-8-7-17(14-19(18)29-2)25-15-16(13-20(25)26)23-21(27)22-9-6-12-24-10-4-3-5-11-24/h7-8,14,16H,3-6,9-13,15H2,1-2H3,(H2,22,23,27)/p+1/t16-/m0/s1. The van der Waals surface area contributed by atoms with Gasteiger partial charge in [0.05, 0.1) is 39.9 Å². The Bertz CT molecular complexity index is 706. The molecule has 8 heteroatoms. The molecule has 1 aromatic carbocycles.